The van der Waals surface area contributed by atoms with Crippen molar-refractivity contribution in [2.24, 2.45) is 4.99 Å². The first-order valence-electron chi connectivity index (χ1n) is 7.33. The van der Waals surface area contributed by atoms with Crippen LogP contribution in [0.15, 0.2) is 29.4 Å². The van der Waals surface area contributed by atoms with Crippen LogP contribution in [-0.2, 0) is 11.3 Å². The van der Waals surface area contributed by atoms with Crippen LogP contribution in [0.3, 0.4) is 0 Å². The zero-order valence-electron chi connectivity index (χ0n) is 13.5. The number of amidine groups is 1. The maximum absolute atomic E-state index is 11.3. The fourth-order valence-corrected chi connectivity index (χ4v) is 2.46. The van der Waals surface area contributed by atoms with Crippen LogP contribution in [0.4, 0.5) is 0 Å². The van der Waals surface area contributed by atoms with Gasteiger partial charge in [0, 0.05) is 42.8 Å². The van der Waals surface area contributed by atoms with Gasteiger partial charge in [0.15, 0.2) is 0 Å². The van der Waals surface area contributed by atoms with Gasteiger partial charge in [0.2, 0.25) is 6.41 Å². The Labute approximate surface area is 144 Å². The quantitative estimate of drug-likeness (QED) is 0.822. The van der Waals surface area contributed by atoms with E-state index in [4.69, 9.17) is 11.6 Å². The summed E-state index contributed by atoms with van der Waals surface area (Å²) < 4.78 is 1.88. The van der Waals surface area contributed by atoms with Crippen LogP contribution < -0.4 is 5.32 Å². The van der Waals surface area contributed by atoms with Gasteiger partial charge in [-0.3, -0.25) is 9.79 Å². The van der Waals surface area contributed by atoms with Crippen molar-refractivity contribution >= 4 is 40.7 Å². The Balaban J connectivity index is 0.000000368. The van der Waals surface area contributed by atoms with Gasteiger partial charge in [-0.2, -0.15) is 0 Å². The molecule has 0 aliphatic carbocycles. The topological polar surface area (TPSA) is 86.9 Å². The van der Waals surface area contributed by atoms with E-state index in [0.29, 0.717) is 17.0 Å². The second-order valence-electron chi connectivity index (χ2n) is 5.46. The van der Waals surface area contributed by atoms with Crippen LogP contribution in [0.2, 0.25) is 5.02 Å². The van der Waals surface area contributed by atoms with Gasteiger partial charge >= 0.3 is 5.97 Å². The number of rotatable bonds is 4. The molecule has 128 valence electrons. The molecule has 1 aromatic carbocycles. The summed E-state index contributed by atoms with van der Waals surface area (Å²) in [5.74, 6) is -0.0730. The van der Waals surface area contributed by atoms with Gasteiger partial charge in [-0.25, -0.2) is 4.79 Å². The number of aromatic nitrogens is 1. The van der Waals surface area contributed by atoms with Gasteiger partial charge in [0.25, 0.3) is 0 Å². The molecule has 0 unspecified atom stereocenters. The number of benzene rings is 1. The van der Waals surface area contributed by atoms with Crippen LogP contribution in [0, 0.1) is 0 Å². The number of aromatic carboxylic acids is 1. The number of nitrogens with zero attached hydrogens (tertiary/aromatic N) is 3. The molecule has 0 spiro atoms. The Bertz CT molecular complexity index is 783. The second-order valence-corrected chi connectivity index (χ2v) is 5.90. The third-order valence-electron chi connectivity index (χ3n) is 3.35. The molecule has 1 aromatic heterocycles. The first kappa shape index (κ1) is 17.8. The molecule has 0 fully saturated rings. The smallest absolute Gasteiger partial charge is 0.337 e. The van der Waals surface area contributed by atoms with Gasteiger partial charge in [-0.1, -0.05) is 11.6 Å². The number of carbonyl (C=O) groups excluding carboxylic acids is 1. The van der Waals surface area contributed by atoms with Crippen molar-refractivity contribution < 1.29 is 14.7 Å². The predicted octanol–water partition coefficient (Wildman–Crippen LogP) is 1.70. The number of amides is 1. The lowest BCUT2D eigenvalue weighted by Crippen LogP contribution is -2.23. The van der Waals surface area contributed by atoms with E-state index in [1.54, 1.807) is 32.4 Å². The fourth-order valence-electron chi connectivity index (χ4n) is 2.28. The van der Waals surface area contributed by atoms with Gasteiger partial charge in [0.05, 0.1) is 18.7 Å². The summed E-state index contributed by atoms with van der Waals surface area (Å²) in [7, 11) is 3.38. The Morgan fingerprint density at radius 3 is 2.75 bits per heavy atom. The van der Waals surface area contributed by atoms with Crippen molar-refractivity contribution in [2.45, 2.75) is 6.54 Å². The van der Waals surface area contributed by atoms with E-state index in [0.717, 1.165) is 30.9 Å². The van der Waals surface area contributed by atoms with Gasteiger partial charge < -0.3 is 19.9 Å². The number of halogens is 1. The lowest BCUT2D eigenvalue weighted by molar-refractivity contribution is -0.115. The van der Waals surface area contributed by atoms with Crippen LogP contribution in [0.1, 0.15) is 10.4 Å². The minimum atomic E-state index is -0.952. The van der Waals surface area contributed by atoms with Crippen molar-refractivity contribution in [1.29, 1.82) is 0 Å². The third kappa shape index (κ3) is 4.26. The maximum atomic E-state index is 11.3. The van der Waals surface area contributed by atoms with Crippen molar-refractivity contribution in [2.75, 3.05) is 27.2 Å². The zero-order chi connectivity index (χ0) is 17.7. The number of hydrogen-bond donors (Lipinski definition) is 2. The molecule has 1 aliphatic heterocycles. The summed E-state index contributed by atoms with van der Waals surface area (Å²) in [6.07, 6.45) is 2.38. The summed E-state index contributed by atoms with van der Waals surface area (Å²) >= 11 is 5.94. The highest BCUT2D eigenvalue weighted by Crippen LogP contribution is 2.25. The number of aliphatic imine (C=N–C) groups is 1. The van der Waals surface area contributed by atoms with Crippen molar-refractivity contribution in [1.82, 2.24) is 14.8 Å². The molecule has 0 saturated carbocycles. The molecule has 2 heterocycles. The Morgan fingerprint density at radius 1 is 1.50 bits per heavy atom. The molecular weight excluding hydrogens is 332 g/mol. The average molecular weight is 351 g/mol. The Morgan fingerprint density at radius 2 is 2.21 bits per heavy atom. The van der Waals surface area contributed by atoms with Crippen LogP contribution in [0.25, 0.3) is 10.9 Å². The first-order valence-corrected chi connectivity index (χ1v) is 7.70. The number of nitrogens with one attached hydrogen (secondary N) is 1. The molecule has 0 bridgehead atoms. The molecule has 0 radical (unpaired) electrons. The molecular formula is C16H19ClN4O3. The summed E-state index contributed by atoms with van der Waals surface area (Å²) in [6, 6.07) is 5.27. The summed E-state index contributed by atoms with van der Waals surface area (Å²) in [5.41, 5.74) is 1.11. The van der Waals surface area contributed by atoms with E-state index in [1.807, 2.05) is 10.6 Å². The number of fused-ring (bicyclic) bond motifs is 1. The molecule has 24 heavy (non-hydrogen) atoms. The minimum absolute atomic E-state index is 0.260. The lowest BCUT2D eigenvalue weighted by atomic mass is 10.2. The van der Waals surface area contributed by atoms with E-state index in [9.17, 15) is 14.7 Å². The number of carbonyl (C=O) groups is 2. The minimum Gasteiger partial charge on any atom is -0.478 e. The predicted molar refractivity (Wildman–Crippen MR) is 94.0 cm³/mol. The van der Waals surface area contributed by atoms with Gasteiger partial charge in [-0.15, -0.1) is 0 Å². The molecule has 8 heteroatoms. The highest BCUT2D eigenvalue weighted by atomic mass is 35.5. The summed E-state index contributed by atoms with van der Waals surface area (Å²) in [5, 5.41) is 13.6. The van der Waals surface area contributed by atoms with Crippen molar-refractivity contribution in [3.8, 4) is 0 Å². The first-order chi connectivity index (χ1) is 11.4. The SMILES string of the molecule is CN(C)C=O.O=C(O)c1cn(CC2=NCCN2)c2ccc(Cl)cc12. The molecule has 0 saturated heterocycles. The summed E-state index contributed by atoms with van der Waals surface area (Å²) in [6.45, 7) is 2.16. The van der Waals surface area contributed by atoms with E-state index in [-0.39, 0.29) is 5.56 Å². The lowest BCUT2D eigenvalue weighted by Gasteiger charge is -2.05. The van der Waals surface area contributed by atoms with Crippen LogP contribution in [0.5, 0.6) is 0 Å². The van der Waals surface area contributed by atoms with Crippen molar-refractivity contribution in [3.63, 3.8) is 0 Å². The molecule has 1 amide bonds. The monoisotopic (exact) mass is 350 g/mol. The Hall–Kier alpha value is -2.54. The van der Waals surface area contributed by atoms with E-state index in [1.165, 1.54) is 4.90 Å². The molecule has 0 atom stereocenters. The molecule has 2 N–H and O–H groups in total. The number of carboxylic acid groups (broad SMARTS) is 1. The average Bonchev–Trinajstić information content (AvgIpc) is 3.16. The second kappa shape index (κ2) is 7.83. The van der Waals surface area contributed by atoms with E-state index in [2.05, 4.69) is 10.3 Å². The molecule has 2 aromatic rings. The van der Waals surface area contributed by atoms with Crippen molar-refractivity contribution in [3.05, 3.63) is 35.0 Å². The number of hydrogen-bond acceptors (Lipinski definition) is 4. The highest BCUT2D eigenvalue weighted by Gasteiger charge is 2.16. The third-order valence-corrected chi connectivity index (χ3v) is 3.58. The molecule has 7 nitrogen and oxygen atoms in total. The maximum Gasteiger partial charge on any atom is 0.337 e. The summed E-state index contributed by atoms with van der Waals surface area (Å²) in [4.78, 5) is 26.5. The standard InChI is InChI=1S/C13H12ClN3O2.C3H7NO/c14-8-1-2-11-9(5-8)10(13(18)19)6-17(11)7-12-15-3-4-16-12;1-4(2)3-5/h1-2,5-6H,3-4,7H2,(H,15,16)(H,18,19);3H,1-2H3. The largest absolute Gasteiger partial charge is 0.478 e. The van der Waals surface area contributed by atoms with E-state index < -0.39 is 5.97 Å². The Kier molecular flexibility index (Phi) is 5.81. The normalized spacial score (nSPS) is 12.9. The zero-order valence-corrected chi connectivity index (χ0v) is 14.2. The van der Waals surface area contributed by atoms with Gasteiger partial charge in [0.1, 0.15) is 5.84 Å². The fraction of sp³-hybridized carbons (Fsp3) is 0.312. The van der Waals surface area contributed by atoms with Gasteiger partial charge in [-0.05, 0) is 18.2 Å². The van der Waals surface area contributed by atoms with E-state index >= 15 is 0 Å². The molecule has 3 rings (SSSR count). The molecule has 1 aliphatic rings. The van der Waals surface area contributed by atoms with Crippen LogP contribution >= 0.6 is 11.6 Å². The number of carboxylic acids is 1. The highest BCUT2D eigenvalue weighted by molar-refractivity contribution is 6.31. The van der Waals surface area contributed by atoms with Crippen LogP contribution in [-0.4, -0.2) is 60.0 Å².